The largest absolute Gasteiger partial charge is 0.455 e. The Bertz CT molecular complexity index is 2030. The van der Waals surface area contributed by atoms with Crippen molar-refractivity contribution >= 4 is 49.3 Å². The summed E-state index contributed by atoms with van der Waals surface area (Å²) < 4.78 is 8.88. The highest BCUT2D eigenvalue weighted by Crippen LogP contribution is 2.41. The second-order valence-electron chi connectivity index (χ2n) is 9.80. The first-order valence-corrected chi connectivity index (χ1v) is 13.1. The number of nitrogens with zero attached hydrogens (tertiary/aromatic N) is 1. The lowest BCUT2D eigenvalue weighted by molar-refractivity contribution is 0.673. The summed E-state index contributed by atoms with van der Waals surface area (Å²) in [5, 5.41) is 4.65. The molecule has 2 nitrogen and oxygen atoms in total. The quantitative estimate of drug-likeness (QED) is 0.225. The molecule has 0 aliphatic rings. The fourth-order valence-electron chi connectivity index (χ4n) is 5.62. The zero-order valence-electron chi connectivity index (χ0n) is 21.5. The van der Waals surface area contributed by atoms with Crippen LogP contribution in [0.25, 0.3) is 66.1 Å². The summed E-state index contributed by atoms with van der Waals surface area (Å²) in [5.74, 6) is 0. The molecule has 38 heavy (non-hydrogen) atoms. The van der Waals surface area contributed by atoms with Gasteiger partial charge < -0.3 is 8.98 Å². The van der Waals surface area contributed by atoms with Gasteiger partial charge in [-0.3, -0.25) is 0 Å². The highest BCUT2D eigenvalue weighted by atomic mass is 16.3. The van der Waals surface area contributed by atoms with E-state index in [0.29, 0.717) is 0 Å². The Morgan fingerprint density at radius 3 is 2.29 bits per heavy atom. The molecule has 2 heteroatoms. The van der Waals surface area contributed by atoms with Crippen molar-refractivity contribution < 1.29 is 4.42 Å². The maximum Gasteiger partial charge on any atom is 0.145 e. The van der Waals surface area contributed by atoms with Crippen LogP contribution in [0.3, 0.4) is 0 Å². The molecule has 2 heterocycles. The van der Waals surface area contributed by atoms with E-state index in [0.717, 1.165) is 38.5 Å². The van der Waals surface area contributed by atoms with E-state index in [1.54, 1.807) is 0 Å². The van der Waals surface area contributed by atoms with Crippen LogP contribution >= 0.6 is 0 Å². The van der Waals surface area contributed by atoms with Crippen LogP contribution in [0.15, 0.2) is 132 Å². The van der Waals surface area contributed by atoms with Crippen LogP contribution in [0.5, 0.6) is 0 Å². The summed E-state index contributed by atoms with van der Waals surface area (Å²) in [4.78, 5) is 0. The zero-order valence-corrected chi connectivity index (χ0v) is 21.5. The van der Waals surface area contributed by atoms with E-state index in [2.05, 4.69) is 133 Å². The van der Waals surface area contributed by atoms with E-state index in [-0.39, 0.29) is 0 Å². The van der Waals surface area contributed by atoms with Gasteiger partial charge in [0.15, 0.2) is 0 Å². The Balaban J connectivity index is 1.58. The number of allylic oxidation sites excluding steroid dienone is 4. The molecule has 0 unspecified atom stereocenters. The molecule has 7 rings (SSSR count). The molecule has 0 fully saturated rings. The standard InChI is InChI=1S/C36H27NO/c1-3-4-12-24(2)26-21-27(25-13-6-5-7-14-25)23-28(22-26)37-32-17-10-8-16-31(32)35-33(37)20-19-30-29-15-9-11-18-34(29)38-36(30)35/h3-23H,1-2H3/b4-3-,24-12+. The summed E-state index contributed by atoms with van der Waals surface area (Å²) >= 11 is 0. The summed E-state index contributed by atoms with van der Waals surface area (Å²) in [6.45, 7) is 4.23. The Labute approximate surface area is 221 Å². The second kappa shape index (κ2) is 8.93. The molecule has 0 aliphatic carbocycles. The number of hydrogen-bond donors (Lipinski definition) is 0. The Morgan fingerprint density at radius 1 is 0.684 bits per heavy atom. The normalized spacial score (nSPS) is 12.5. The molecule has 0 amide bonds. The summed E-state index contributed by atoms with van der Waals surface area (Å²) in [6, 6.07) is 38.9. The van der Waals surface area contributed by atoms with Gasteiger partial charge in [-0.05, 0) is 78.6 Å². The number of hydrogen-bond acceptors (Lipinski definition) is 1. The van der Waals surface area contributed by atoms with Crippen molar-refractivity contribution in [1.29, 1.82) is 0 Å². The van der Waals surface area contributed by atoms with Gasteiger partial charge in [0.05, 0.1) is 16.4 Å². The van der Waals surface area contributed by atoms with Crippen molar-refractivity contribution in [2.45, 2.75) is 13.8 Å². The van der Waals surface area contributed by atoms with Gasteiger partial charge in [0, 0.05) is 21.8 Å². The van der Waals surface area contributed by atoms with E-state index in [4.69, 9.17) is 4.42 Å². The fourth-order valence-corrected chi connectivity index (χ4v) is 5.62. The first kappa shape index (κ1) is 22.4. The van der Waals surface area contributed by atoms with Crippen LogP contribution in [0.1, 0.15) is 19.4 Å². The van der Waals surface area contributed by atoms with E-state index in [9.17, 15) is 0 Å². The SMILES string of the molecule is C/C=C\C=C(/C)c1cc(-c2ccccc2)cc(-n2c3ccccc3c3c4oc5ccccc5c4ccc32)c1. The van der Waals surface area contributed by atoms with Crippen LogP contribution in [-0.2, 0) is 0 Å². The van der Waals surface area contributed by atoms with Gasteiger partial charge in [0.2, 0.25) is 0 Å². The summed E-state index contributed by atoms with van der Waals surface area (Å²) in [5.41, 5.74) is 10.1. The third-order valence-electron chi connectivity index (χ3n) is 7.46. The van der Waals surface area contributed by atoms with E-state index in [1.165, 1.54) is 33.2 Å². The number of aromatic nitrogens is 1. The number of para-hydroxylation sites is 2. The highest BCUT2D eigenvalue weighted by molar-refractivity contribution is 6.23. The molecule has 0 spiro atoms. The fraction of sp³-hybridized carbons (Fsp3) is 0.0556. The Kier molecular flexibility index (Phi) is 5.26. The summed E-state index contributed by atoms with van der Waals surface area (Å²) in [6.07, 6.45) is 6.34. The molecule has 0 saturated heterocycles. The predicted octanol–water partition coefficient (Wildman–Crippen LogP) is 10.3. The molecule has 0 bridgehead atoms. The minimum atomic E-state index is 0.921. The highest BCUT2D eigenvalue weighted by Gasteiger charge is 2.19. The molecular weight excluding hydrogens is 462 g/mol. The maximum atomic E-state index is 6.49. The van der Waals surface area contributed by atoms with Gasteiger partial charge in [-0.1, -0.05) is 85.0 Å². The topological polar surface area (TPSA) is 18.1 Å². The zero-order chi connectivity index (χ0) is 25.6. The van der Waals surface area contributed by atoms with Crippen LogP contribution in [-0.4, -0.2) is 4.57 Å². The van der Waals surface area contributed by atoms with Crippen LogP contribution < -0.4 is 0 Å². The van der Waals surface area contributed by atoms with Crippen molar-refractivity contribution in [3.8, 4) is 16.8 Å². The maximum absolute atomic E-state index is 6.49. The summed E-state index contributed by atoms with van der Waals surface area (Å²) in [7, 11) is 0. The van der Waals surface area contributed by atoms with Crippen LogP contribution in [0.4, 0.5) is 0 Å². The molecule has 0 N–H and O–H groups in total. The van der Waals surface area contributed by atoms with Crippen molar-refractivity contribution in [3.05, 3.63) is 133 Å². The molecule has 7 aromatic rings. The molecule has 182 valence electrons. The first-order valence-electron chi connectivity index (χ1n) is 13.1. The van der Waals surface area contributed by atoms with Gasteiger partial charge in [0.25, 0.3) is 0 Å². The number of benzene rings is 5. The average Bonchev–Trinajstić information content (AvgIpc) is 3.52. The Hall–Kier alpha value is -4.82. The van der Waals surface area contributed by atoms with Crippen molar-refractivity contribution in [2.75, 3.05) is 0 Å². The first-order chi connectivity index (χ1) is 18.7. The number of fused-ring (bicyclic) bond motifs is 7. The molecule has 0 aliphatic heterocycles. The lowest BCUT2D eigenvalue weighted by atomic mass is 9.98. The van der Waals surface area contributed by atoms with Gasteiger partial charge in [-0.25, -0.2) is 0 Å². The van der Waals surface area contributed by atoms with E-state index >= 15 is 0 Å². The van der Waals surface area contributed by atoms with Crippen LogP contribution in [0.2, 0.25) is 0 Å². The van der Waals surface area contributed by atoms with Crippen molar-refractivity contribution in [3.63, 3.8) is 0 Å². The lowest BCUT2D eigenvalue weighted by Crippen LogP contribution is -1.96. The van der Waals surface area contributed by atoms with Crippen molar-refractivity contribution in [1.82, 2.24) is 4.57 Å². The van der Waals surface area contributed by atoms with Gasteiger partial charge >= 0.3 is 0 Å². The lowest BCUT2D eigenvalue weighted by Gasteiger charge is -2.14. The Morgan fingerprint density at radius 2 is 1.45 bits per heavy atom. The molecular formula is C36H27NO. The third-order valence-corrected chi connectivity index (χ3v) is 7.46. The molecule has 2 aromatic heterocycles. The van der Waals surface area contributed by atoms with Gasteiger partial charge in [0.1, 0.15) is 11.2 Å². The monoisotopic (exact) mass is 489 g/mol. The van der Waals surface area contributed by atoms with E-state index in [1.807, 2.05) is 13.0 Å². The second-order valence-corrected chi connectivity index (χ2v) is 9.80. The third kappa shape index (κ3) is 3.49. The number of rotatable bonds is 4. The molecule has 5 aromatic carbocycles. The smallest absolute Gasteiger partial charge is 0.145 e. The van der Waals surface area contributed by atoms with Gasteiger partial charge in [-0.15, -0.1) is 0 Å². The minimum absolute atomic E-state index is 0.921. The van der Waals surface area contributed by atoms with Crippen LogP contribution in [0, 0.1) is 0 Å². The van der Waals surface area contributed by atoms with Crippen molar-refractivity contribution in [2.24, 2.45) is 0 Å². The number of furan rings is 1. The molecule has 0 radical (unpaired) electrons. The molecule has 0 atom stereocenters. The molecule has 0 saturated carbocycles. The minimum Gasteiger partial charge on any atom is -0.455 e. The van der Waals surface area contributed by atoms with E-state index < -0.39 is 0 Å². The predicted molar refractivity (Wildman–Crippen MR) is 162 cm³/mol. The average molecular weight is 490 g/mol. The van der Waals surface area contributed by atoms with Gasteiger partial charge in [-0.2, -0.15) is 0 Å².